The van der Waals surface area contributed by atoms with Crippen LogP contribution < -0.4 is 11.1 Å². The van der Waals surface area contributed by atoms with E-state index in [1.807, 2.05) is 32.2 Å². The lowest BCUT2D eigenvalue weighted by Crippen LogP contribution is -2.31. The second-order valence-electron chi connectivity index (χ2n) is 4.27. The largest absolute Gasteiger partial charge is 0.398 e. The summed E-state index contributed by atoms with van der Waals surface area (Å²) in [7, 11) is 1.83. The van der Waals surface area contributed by atoms with Gasteiger partial charge < -0.3 is 16.0 Å². The molecule has 0 aromatic heterocycles. The zero-order chi connectivity index (χ0) is 11.7. The summed E-state index contributed by atoms with van der Waals surface area (Å²) >= 11 is 0. The van der Waals surface area contributed by atoms with Crippen molar-refractivity contribution < 1.29 is 4.79 Å². The van der Waals surface area contributed by atoms with Crippen LogP contribution in [0.1, 0.15) is 12.0 Å². The van der Waals surface area contributed by atoms with Crippen LogP contribution in [0, 0.1) is 6.92 Å². The van der Waals surface area contributed by atoms with Gasteiger partial charge in [-0.3, -0.25) is 4.79 Å². The average molecular weight is 219 g/mol. The normalized spacial score (nSPS) is 20.2. The molecule has 0 saturated carbocycles. The van der Waals surface area contributed by atoms with Crippen LogP contribution in [0.4, 0.5) is 11.4 Å². The van der Waals surface area contributed by atoms with Crippen molar-refractivity contribution in [1.29, 1.82) is 0 Å². The van der Waals surface area contributed by atoms with E-state index in [4.69, 9.17) is 5.73 Å². The van der Waals surface area contributed by atoms with Crippen LogP contribution in [-0.4, -0.2) is 30.4 Å². The van der Waals surface area contributed by atoms with Gasteiger partial charge in [-0.25, -0.2) is 0 Å². The lowest BCUT2D eigenvalue weighted by atomic mass is 10.1. The molecule has 0 aliphatic carbocycles. The van der Waals surface area contributed by atoms with E-state index < -0.39 is 0 Å². The smallest absolute Gasteiger partial charge is 0.244 e. The van der Waals surface area contributed by atoms with E-state index in [2.05, 4.69) is 5.32 Å². The zero-order valence-electron chi connectivity index (χ0n) is 9.66. The van der Waals surface area contributed by atoms with Crippen LogP contribution in [0.15, 0.2) is 18.2 Å². The molecule has 1 aliphatic rings. The van der Waals surface area contributed by atoms with E-state index in [-0.39, 0.29) is 11.9 Å². The molecule has 1 atom stereocenters. The highest BCUT2D eigenvalue weighted by Gasteiger charge is 2.28. The van der Waals surface area contributed by atoms with Gasteiger partial charge >= 0.3 is 0 Å². The van der Waals surface area contributed by atoms with Gasteiger partial charge in [0.05, 0.1) is 0 Å². The molecule has 0 bridgehead atoms. The first-order valence-electron chi connectivity index (χ1n) is 5.46. The van der Waals surface area contributed by atoms with Gasteiger partial charge in [0, 0.05) is 25.0 Å². The third-order valence-electron chi connectivity index (χ3n) is 3.13. The molecule has 16 heavy (non-hydrogen) atoms. The molecule has 1 fully saturated rings. The second-order valence-corrected chi connectivity index (χ2v) is 4.27. The first-order valence-corrected chi connectivity index (χ1v) is 5.46. The van der Waals surface area contributed by atoms with Gasteiger partial charge in [0.15, 0.2) is 0 Å². The van der Waals surface area contributed by atoms with Crippen LogP contribution in [0.3, 0.4) is 0 Å². The summed E-state index contributed by atoms with van der Waals surface area (Å²) in [6, 6.07) is 5.61. The summed E-state index contributed by atoms with van der Waals surface area (Å²) in [6.45, 7) is 2.78. The lowest BCUT2D eigenvalue weighted by molar-refractivity contribution is -0.127. The van der Waals surface area contributed by atoms with Crippen molar-refractivity contribution in [1.82, 2.24) is 4.90 Å². The maximum atomic E-state index is 11.7. The highest BCUT2D eigenvalue weighted by molar-refractivity contribution is 5.87. The summed E-state index contributed by atoms with van der Waals surface area (Å²) in [5.74, 6) is 0.154. The van der Waals surface area contributed by atoms with Crippen molar-refractivity contribution in [3.05, 3.63) is 23.8 Å². The fourth-order valence-electron chi connectivity index (χ4n) is 1.95. The van der Waals surface area contributed by atoms with Crippen molar-refractivity contribution in [2.45, 2.75) is 19.4 Å². The maximum absolute atomic E-state index is 11.7. The minimum atomic E-state index is -0.106. The molecule has 4 heteroatoms. The fourth-order valence-corrected chi connectivity index (χ4v) is 1.95. The van der Waals surface area contributed by atoms with Crippen molar-refractivity contribution in [2.24, 2.45) is 0 Å². The van der Waals surface area contributed by atoms with E-state index in [0.717, 1.165) is 29.9 Å². The Balaban J connectivity index is 2.16. The van der Waals surface area contributed by atoms with E-state index in [9.17, 15) is 4.79 Å². The topological polar surface area (TPSA) is 58.4 Å². The molecule has 1 saturated heterocycles. The number of likely N-dealkylation sites (N-methyl/N-ethyl adjacent to an activating group) is 1. The molecule has 0 spiro atoms. The van der Waals surface area contributed by atoms with E-state index in [1.165, 1.54) is 0 Å². The van der Waals surface area contributed by atoms with E-state index >= 15 is 0 Å². The fraction of sp³-hybridized carbons (Fsp3) is 0.417. The van der Waals surface area contributed by atoms with Gasteiger partial charge in [0.1, 0.15) is 6.04 Å². The van der Waals surface area contributed by atoms with Crippen molar-refractivity contribution in [3.63, 3.8) is 0 Å². The number of nitrogen functional groups attached to an aromatic ring is 1. The standard InChI is InChI=1S/C12H17N3O/c1-8-9(13)4-3-5-10(8)14-11-6-7-15(2)12(11)16/h3-5,11,14H,6-7,13H2,1-2H3. The van der Waals surface area contributed by atoms with Gasteiger partial charge in [-0.2, -0.15) is 0 Å². The summed E-state index contributed by atoms with van der Waals surface area (Å²) in [4.78, 5) is 13.5. The predicted octanol–water partition coefficient (Wildman–Crippen LogP) is 1.22. The quantitative estimate of drug-likeness (QED) is 0.735. The molecule has 1 aliphatic heterocycles. The Kier molecular flexibility index (Phi) is 2.73. The minimum absolute atomic E-state index is 0.106. The molecule has 3 N–H and O–H groups in total. The third kappa shape index (κ3) is 1.83. The van der Waals surface area contributed by atoms with Gasteiger partial charge in [0.25, 0.3) is 0 Å². The SMILES string of the molecule is Cc1c(N)cccc1NC1CCN(C)C1=O. The molecular weight excluding hydrogens is 202 g/mol. The zero-order valence-corrected chi connectivity index (χ0v) is 9.66. The molecule has 2 rings (SSSR count). The molecule has 1 unspecified atom stereocenters. The minimum Gasteiger partial charge on any atom is -0.398 e. The van der Waals surface area contributed by atoms with Crippen molar-refractivity contribution >= 4 is 17.3 Å². The summed E-state index contributed by atoms with van der Waals surface area (Å²) < 4.78 is 0. The Morgan fingerprint density at radius 2 is 2.25 bits per heavy atom. The molecular formula is C12H17N3O. The van der Waals surface area contributed by atoms with Gasteiger partial charge in [0.2, 0.25) is 5.91 Å². The van der Waals surface area contributed by atoms with Crippen LogP contribution >= 0.6 is 0 Å². The van der Waals surface area contributed by atoms with Crippen LogP contribution in [0.2, 0.25) is 0 Å². The Morgan fingerprint density at radius 3 is 2.88 bits per heavy atom. The number of nitrogens with zero attached hydrogens (tertiary/aromatic N) is 1. The lowest BCUT2D eigenvalue weighted by Gasteiger charge is -2.16. The number of carbonyl (C=O) groups excluding carboxylic acids is 1. The highest BCUT2D eigenvalue weighted by Crippen LogP contribution is 2.23. The van der Waals surface area contributed by atoms with Gasteiger partial charge in [-0.1, -0.05) is 6.07 Å². The third-order valence-corrected chi connectivity index (χ3v) is 3.13. The molecule has 0 radical (unpaired) electrons. The number of likely N-dealkylation sites (tertiary alicyclic amines) is 1. The van der Waals surface area contributed by atoms with Gasteiger partial charge in [-0.05, 0) is 31.0 Å². The summed E-state index contributed by atoms with van der Waals surface area (Å²) in [5, 5.41) is 3.26. The number of hydrogen-bond donors (Lipinski definition) is 2. The van der Waals surface area contributed by atoms with Crippen LogP contribution in [0.25, 0.3) is 0 Å². The number of benzene rings is 1. The predicted molar refractivity (Wildman–Crippen MR) is 65.3 cm³/mol. The monoisotopic (exact) mass is 219 g/mol. The first-order chi connectivity index (χ1) is 7.59. The van der Waals surface area contributed by atoms with Crippen molar-refractivity contribution in [3.8, 4) is 0 Å². The van der Waals surface area contributed by atoms with Crippen LogP contribution in [-0.2, 0) is 4.79 Å². The second kappa shape index (κ2) is 4.04. The summed E-state index contributed by atoms with van der Waals surface area (Å²) in [5.41, 5.74) is 8.53. The number of nitrogens with two attached hydrogens (primary N) is 1. The first kappa shape index (κ1) is 10.8. The molecule has 1 aromatic carbocycles. The molecule has 1 heterocycles. The molecule has 4 nitrogen and oxygen atoms in total. The van der Waals surface area contributed by atoms with Crippen LogP contribution in [0.5, 0.6) is 0 Å². The molecule has 1 aromatic rings. The van der Waals surface area contributed by atoms with Gasteiger partial charge in [-0.15, -0.1) is 0 Å². The number of nitrogens with one attached hydrogen (secondary N) is 1. The number of amides is 1. The Bertz CT molecular complexity index is 417. The Morgan fingerprint density at radius 1 is 1.50 bits per heavy atom. The highest BCUT2D eigenvalue weighted by atomic mass is 16.2. The maximum Gasteiger partial charge on any atom is 0.244 e. The number of carbonyl (C=O) groups is 1. The van der Waals surface area contributed by atoms with E-state index in [1.54, 1.807) is 4.90 Å². The number of anilines is 2. The molecule has 1 amide bonds. The van der Waals surface area contributed by atoms with Crippen molar-refractivity contribution in [2.75, 3.05) is 24.6 Å². The number of rotatable bonds is 2. The average Bonchev–Trinajstić information content (AvgIpc) is 2.57. The summed E-state index contributed by atoms with van der Waals surface area (Å²) in [6.07, 6.45) is 0.851. The molecule has 86 valence electrons. The van der Waals surface area contributed by atoms with E-state index in [0.29, 0.717) is 0 Å². The Labute approximate surface area is 95.4 Å². The Hall–Kier alpha value is -1.71. The number of hydrogen-bond acceptors (Lipinski definition) is 3.